The summed E-state index contributed by atoms with van der Waals surface area (Å²) >= 11 is 1.39. The first kappa shape index (κ1) is 24.0. The predicted molar refractivity (Wildman–Crippen MR) is 130 cm³/mol. The Balaban J connectivity index is 1.34. The van der Waals surface area contributed by atoms with Crippen molar-refractivity contribution in [1.82, 2.24) is 29.9 Å². The highest BCUT2D eigenvalue weighted by atomic mass is 32.2. The van der Waals surface area contributed by atoms with E-state index in [1.54, 1.807) is 6.26 Å². The zero-order chi connectivity index (χ0) is 23.8. The van der Waals surface area contributed by atoms with Crippen LogP contribution in [0.2, 0.25) is 0 Å². The lowest BCUT2D eigenvalue weighted by molar-refractivity contribution is -0.130. The summed E-state index contributed by atoms with van der Waals surface area (Å²) in [6, 6.07) is 13.7. The molecule has 9 nitrogen and oxygen atoms in total. The molecule has 1 aliphatic heterocycles. The van der Waals surface area contributed by atoms with Gasteiger partial charge in [0.2, 0.25) is 17.6 Å². The van der Waals surface area contributed by atoms with Gasteiger partial charge >= 0.3 is 0 Å². The van der Waals surface area contributed by atoms with Crippen LogP contribution in [0.5, 0.6) is 0 Å². The minimum atomic E-state index is 0.0438. The van der Waals surface area contributed by atoms with E-state index in [4.69, 9.17) is 4.42 Å². The number of hydrogen-bond donors (Lipinski definition) is 1. The van der Waals surface area contributed by atoms with Crippen LogP contribution in [0.15, 0.2) is 58.3 Å². The second-order valence-electron chi connectivity index (χ2n) is 8.15. The van der Waals surface area contributed by atoms with E-state index < -0.39 is 0 Å². The summed E-state index contributed by atoms with van der Waals surface area (Å²) in [5.74, 6) is 1.66. The Bertz CT molecular complexity index is 1060. The number of hydrogen-bond acceptors (Lipinski definition) is 7. The molecule has 1 aromatic carbocycles. The first-order chi connectivity index (χ1) is 16.6. The minimum absolute atomic E-state index is 0.0438. The molecule has 0 radical (unpaired) electrons. The van der Waals surface area contributed by atoms with Crippen LogP contribution in [0.4, 0.5) is 0 Å². The van der Waals surface area contributed by atoms with Crippen molar-refractivity contribution in [2.45, 2.75) is 25.0 Å². The maximum Gasteiger partial charge on any atom is 0.234 e. The first-order valence-electron chi connectivity index (χ1n) is 11.5. The first-order valence-corrected chi connectivity index (χ1v) is 12.5. The number of carbonyl (C=O) groups is 2. The average Bonchev–Trinajstić information content (AvgIpc) is 3.52. The highest BCUT2D eigenvalue weighted by molar-refractivity contribution is 7.99. The molecule has 3 heterocycles. The van der Waals surface area contributed by atoms with Crippen molar-refractivity contribution in [2.75, 3.05) is 45.0 Å². The third-order valence-corrected chi connectivity index (χ3v) is 6.58. The molecule has 0 bridgehead atoms. The summed E-state index contributed by atoms with van der Waals surface area (Å²) in [6.45, 7) is 6.33. The largest absolute Gasteiger partial charge is 0.461 e. The smallest absolute Gasteiger partial charge is 0.234 e. The van der Waals surface area contributed by atoms with Gasteiger partial charge in [-0.15, -0.1) is 10.2 Å². The van der Waals surface area contributed by atoms with Gasteiger partial charge in [-0.2, -0.15) is 0 Å². The molecule has 1 saturated heterocycles. The fourth-order valence-corrected chi connectivity index (χ4v) is 4.63. The SMILES string of the molecule is CCCNC(=O)CN1CCN(C(=O)CSc2nnc(-c3ccco3)n2Cc2ccccc2)CC1. The second-order valence-corrected chi connectivity index (χ2v) is 9.09. The Morgan fingerprint density at radius 1 is 1.06 bits per heavy atom. The minimum Gasteiger partial charge on any atom is -0.461 e. The van der Waals surface area contributed by atoms with Gasteiger partial charge in [0.05, 0.1) is 25.1 Å². The second kappa shape index (κ2) is 11.8. The number of amides is 2. The van der Waals surface area contributed by atoms with Crippen LogP contribution in [-0.4, -0.2) is 81.4 Å². The Morgan fingerprint density at radius 2 is 1.85 bits per heavy atom. The zero-order valence-corrected chi connectivity index (χ0v) is 20.2. The third kappa shape index (κ3) is 6.27. The predicted octanol–water partition coefficient (Wildman–Crippen LogP) is 2.35. The number of carbonyl (C=O) groups excluding carboxylic acids is 2. The molecule has 3 aromatic rings. The normalized spacial score (nSPS) is 14.3. The van der Waals surface area contributed by atoms with Crippen LogP contribution in [0.1, 0.15) is 18.9 Å². The number of furan rings is 1. The maximum absolute atomic E-state index is 12.9. The van der Waals surface area contributed by atoms with E-state index in [0.29, 0.717) is 62.6 Å². The van der Waals surface area contributed by atoms with Crippen molar-refractivity contribution in [2.24, 2.45) is 0 Å². The quantitative estimate of drug-likeness (QED) is 0.443. The van der Waals surface area contributed by atoms with Gasteiger partial charge in [0, 0.05) is 32.7 Å². The standard InChI is InChI=1S/C24H30N6O3S/c1-2-10-25-21(31)17-28-11-13-29(14-12-28)22(32)18-34-24-27-26-23(20-9-6-15-33-20)30(24)16-19-7-4-3-5-8-19/h3-9,15H,2,10-14,16-18H2,1H3,(H,25,31). The summed E-state index contributed by atoms with van der Waals surface area (Å²) in [4.78, 5) is 28.8. The fraction of sp³-hybridized carbons (Fsp3) is 0.417. The van der Waals surface area contributed by atoms with Crippen LogP contribution in [0, 0.1) is 0 Å². The van der Waals surface area contributed by atoms with Crippen molar-refractivity contribution in [3.05, 3.63) is 54.3 Å². The van der Waals surface area contributed by atoms with Gasteiger partial charge in [0.25, 0.3) is 0 Å². The molecular formula is C24H30N6O3S. The van der Waals surface area contributed by atoms with Gasteiger partial charge in [-0.3, -0.25) is 19.1 Å². The molecular weight excluding hydrogens is 452 g/mol. The van der Waals surface area contributed by atoms with Gasteiger partial charge in [0.15, 0.2) is 10.9 Å². The van der Waals surface area contributed by atoms with Crippen LogP contribution < -0.4 is 5.32 Å². The van der Waals surface area contributed by atoms with E-state index in [-0.39, 0.29) is 17.6 Å². The number of nitrogens with zero attached hydrogens (tertiary/aromatic N) is 5. The Labute approximate surface area is 203 Å². The maximum atomic E-state index is 12.9. The van der Waals surface area contributed by atoms with E-state index in [2.05, 4.69) is 20.4 Å². The van der Waals surface area contributed by atoms with E-state index in [9.17, 15) is 9.59 Å². The molecule has 1 N–H and O–H groups in total. The molecule has 0 aliphatic carbocycles. The van der Waals surface area contributed by atoms with Crippen molar-refractivity contribution in [1.29, 1.82) is 0 Å². The molecule has 10 heteroatoms. The third-order valence-electron chi connectivity index (χ3n) is 5.63. The highest BCUT2D eigenvalue weighted by Gasteiger charge is 2.24. The number of benzene rings is 1. The molecule has 1 aliphatic rings. The monoisotopic (exact) mass is 482 g/mol. The van der Waals surface area contributed by atoms with Gasteiger partial charge in [0.1, 0.15) is 0 Å². The Morgan fingerprint density at radius 3 is 2.56 bits per heavy atom. The molecule has 1 fully saturated rings. The van der Waals surface area contributed by atoms with E-state index in [1.165, 1.54) is 11.8 Å². The lowest BCUT2D eigenvalue weighted by atomic mass is 10.2. The number of thioether (sulfide) groups is 1. The summed E-state index contributed by atoms with van der Waals surface area (Å²) in [5.41, 5.74) is 1.11. The molecule has 0 unspecified atom stereocenters. The van der Waals surface area contributed by atoms with E-state index in [1.807, 2.05) is 58.9 Å². The lowest BCUT2D eigenvalue weighted by Gasteiger charge is -2.34. The topological polar surface area (TPSA) is 96.5 Å². The summed E-state index contributed by atoms with van der Waals surface area (Å²) < 4.78 is 7.54. The number of rotatable bonds is 10. The van der Waals surface area contributed by atoms with Gasteiger partial charge in [-0.1, -0.05) is 49.0 Å². The number of aromatic nitrogens is 3. The number of nitrogens with one attached hydrogen (secondary N) is 1. The highest BCUT2D eigenvalue weighted by Crippen LogP contribution is 2.26. The molecule has 2 amide bonds. The molecule has 180 valence electrons. The van der Waals surface area contributed by atoms with Crippen molar-refractivity contribution >= 4 is 23.6 Å². The van der Waals surface area contributed by atoms with Crippen molar-refractivity contribution in [3.63, 3.8) is 0 Å². The van der Waals surface area contributed by atoms with E-state index >= 15 is 0 Å². The molecule has 2 aromatic heterocycles. The van der Waals surface area contributed by atoms with Gasteiger partial charge < -0.3 is 14.6 Å². The molecule has 0 atom stereocenters. The summed E-state index contributed by atoms with van der Waals surface area (Å²) in [6.07, 6.45) is 2.54. The Kier molecular flexibility index (Phi) is 8.37. The van der Waals surface area contributed by atoms with Gasteiger partial charge in [-0.05, 0) is 24.1 Å². The van der Waals surface area contributed by atoms with Crippen LogP contribution >= 0.6 is 11.8 Å². The van der Waals surface area contributed by atoms with Crippen LogP contribution in [-0.2, 0) is 16.1 Å². The van der Waals surface area contributed by atoms with Crippen molar-refractivity contribution < 1.29 is 14.0 Å². The van der Waals surface area contributed by atoms with Crippen molar-refractivity contribution in [3.8, 4) is 11.6 Å². The molecule has 0 saturated carbocycles. The molecule has 0 spiro atoms. The lowest BCUT2D eigenvalue weighted by Crippen LogP contribution is -2.51. The molecule has 34 heavy (non-hydrogen) atoms. The zero-order valence-electron chi connectivity index (χ0n) is 19.4. The van der Waals surface area contributed by atoms with E-state index in [0.717, 1.165) is 12.0 Å². The Hall–Kier alpha value is -3.11. The van der Waals surface area contributed by atoms with Crippen LogP contribution in [0.3, 0.4) is 0 Å². The number of piperazine rings is 1. The molecule has 4 rings (SSSR count). The summed E-state index contributed by atoms with van der Waals surface area (Å²) in [5, 5.41) is 12.3. The average molecular weight is 483 g/mol. The summed E-state index contributed by atoms with van der Waals surface area (Å²) in [7, 11) is 0. The fourth-order valence-electron chi connectivity index (χ4n) is 3.79. The van der Waals surface area contributed by atoms with Gasteiger partial charge in [-0.25, -0.2) is 0 Å². The van der Waals surface area contributed by atoms with Crippen LogP contribution in [0.25, 0.3) is 11.6 Å².